The Morgan fingerprint density at radius 2 is 2.04 bits per heavy atom. The summed E-state index contributed by atoms with van der Waals surface area (Å²) in [7, 11) is 1.49. The van der Waals surface area contributed by atoms with Gasteiger partial charge in [0, 0.05) is 31.2 Å². The Labute approximate surface area is 145 Å². The van der Waals surface area contributed by atoms with E-state index in [-0.39, 0.29) is 11.9 Å². The zero-order valence-corrected chi connectivity index (χ0v) is 15.2. The zero-order chi connectivity index (χ0) is 17.1. The second-order valence-corrected chi connectivity index (χ2v) is 7.28. The highest BCUT2D eigenvalue weighted by atomic mass is 16.5. The maximum absolute atomic E-state index is 11.8. The molecule has 0 radical (unpaired) electrons. The number of carbonyl (C=O) groups excluding carboxylic acids is 1. The van der Waals surface area contributed by atoms with Crippen LogP contribution in [0.4, 0.5) is 5.69 Å². The van der Waals surface area contributed by atoms with E-state index in [1.54, 1.807) is 0 Å². The molecular weight excluding hydrogens is 300 g/mol. The van der Waals surface area contributed by atoms with Crippen LogP contribution in [0.2, 0.25) is 0 Å². The van der Waals surface area contributed by atoms with Gasteiger partial charge in [0.1, 0.15) is 0 Å². The van der Waals surface area contributed by atoms with Gasteiger partial charge < -0.3 is 15.0 Å². The van der Waals surface area contributed by atoms with E-state index in [2.05, 4.69) is 42.3 Å². The van der Waals surface area contributed by atoms with Crippen molar-refractivity contribution in [2.45, 2.75) is 39.0 Å². The summed E-state index contributed by atoms with van der Waals surface area (Å²) in [5.74, 6) is 1.34. The number of anilines is 1. The number of hydrogen-bond acceptors (Lipinski definition) is 4. The van der Waals surface area contributed by atoms with Crippen molar-refractivity contribution in [1.82, 2.24) is 5.32 Å². The summed E-state index contributed by atoms with van der Waals surface area (Å²) in [4.78, 5) is 14.3. The smallest absolute Gasteiger partial charge is 0.308 e. The van der Waals surface area contributed by atoms with Crippen LogP contribution in [0.5, 0.6) is 0 Å². The van der Waals surface area contributed by atoms with Gasteiger partial charge in [0.05, 0.1) is 13.0 Å². The van der Waals surface area contributed by atoms with Crippen molar-refractivity contribution in [2.75, 3.05) is 38.2 Å². The fourth-order valence-electron chi connectivity index (χ4n) is 4.29. The third-order valence-electron chi connectivity index (χ3n) is 5.82. The molecule has 0 aromatic heterocycles. The van der Waals surface area contributed by atoms with Crippen molar-refractivity contribution in [2.24, 2.45) is 11.8 Å². The van der Waals surface area contributed by atoms with E-state index in [1.165, 1.54) is 30.3 Å². The van der Waals surface area contributed by atoms with Crippen LogP contribution in [-0.2, 0) is 9.53 Å². The number of carbonyl (C=O) groups is 1. The molecule has 0 amide bonds. The summed E-state index contributed by atoms with van der Waals surface area (Å²) in [6.07, 6.45) is 3.00. The summed E-state index contributed by atoms with van der Waals surface area (Å²) < 4.78 is 4.92. The normalized spacial score (nSPS) is 25.0. The van der Waals surface area contributed by atoms with Crippen LogP contribution in [0.15, 0.2) is 18.2 Å². The average Bonchev–Trinajstić information content (AvgIpc) is 3.09. The quantitative estimate of drug-likeness (QED) is 0.862. The van der Waals surface area contributed by atoms with Crippen LogP contribution in [0.25, 0.3) is 0 Å². The van der Waals surface area contributed by atoms with Crippen molar-refractivity contribution in [3.63, 3.8) is 0 Å². The highest BCUT2D eigenvalue weighted by Crippen LogP contribution is 2.38. The SMILES string of the molecule is CC[C@H]1CNC[C@@H]1c1ccc(C)cc1N1CCC(C(=O)OC)CC1. The molecule has 2 aliphatic heterocycles. The number of rotatable bonds is 4. The van der Waals surface area contributed by atoms with Crippen LogP contribution >= 0.6 is 0 Å². The van der Waals surface area contributed by atoms with Gasteiger partial charge in [0.15, 0.2) is 0 Å². The van der Waals surface area contributed by atoms with Gasteiger partial charge in [-0.2, -0.15) is 0 Å². The number of esters is 1. The minimum absolute atomic E-state index is 0.0508. The molecule has 0 unspecified atom stereocenters. The van der Waals surface area contributed by atoms with Gasteiger partial charge >= 0.3 is 5.97 Å². The van der Waals surface area contributed by atoms with Gasteiger partial charge in [-0.3, -0.25) is 4.79 Å². The lowest BCUT2D eigenvalue weighted by molar-refractivity contribution is -0.146. The lowest BCUT2D eigenvalue weighted by Gasteiger charge is -2.35. The number of benzene rings is 1. The number of ether oxygens (including phenoxy) is 1. The minimum atomic E-state index is -0.0508. The average molecular weight is 330 g/mol. The molecule has 4 nitrogen and oxygen atoms in total. The molecule has 1 N–H and O–H groups in total. The standard InChI is InChI=1S/C20H30N2O2/c1-4-15-12-21-13-18(15)17-6-5-14(2)11-19(17)22-9-7-16(8-10-22)20(23)24-3/h5-6,11,15-16,18,21H,4,7-10,12-13H2,1-3H3/t15-,18-/m0/s1. The lowest BCUT2D eigenvalue weighted by atomic mass is 9.85. The van der Waals surface area contributed by atoms with E-state index in [1.807, 2.05) is 0 Å². The molecule has 2 atom stereocenters. The Morgan fingerprint density at radius 3 is 2.71 bits per heavy atom. The molecule has 4 heteroatoms. The van der Waals surface area contributed by atoms with Crippen LogP contribution in [0.1, 0.15) is 43.2 Å². The summed E-state index contributed by atoms with van der Waals surface area (Å²) in [6, 6.07) is 6.90. The Bertz CT molecular complexity index is 579. The van der Waals surface area contributed by atoms with Crippen LogP contribution < -0.4 is 10.2 Å². The first-order valence-corrected chi connectivity index (χ1v) is 9.28. The first-order valence-electron chi connectivity index (χ1n) is 9.28. The highest BCUT2D eigenvalue weighted by molar-refractivity contribution is 5.73. The van der Waals surface area contributed by atoms with Crippen molar-refractivity contribution >= 4 is 11.7 Å². The van der Waals surface area contributed by atoms with Crippen molar-refractivity contribution in [1.29, 1.82) is 0 Å². The van der Waals surface area contributed by atoms with Gasteiger partial charge in [-0.15, -0.1) is 0 Å². The molecule has 0 aliphatic carbocycles. The number of piperidine rings is 1. The van der Waals surface area contributed by atoms with E-state index in [9.17, 15) is 4.79 Å². The fraction of sp³-hybridized carbons (Fsp3) is 0.650. The van der Waals surface area contributed by atoms with Crippen LogP contribution in [0, 0.1) is 18.8 Å². The molecule has 0 spiro atoms. The lowest BCUT2D eigenvalue weighted by Crippen LogP contribution is -2.37. The molecule has 1 aromatic rings. The van der Waals surface area contributed by atoms with Crippen LogP contribution in [-0.4, -0.2) is 39.3 Å². The van der Waals surface area contributed by atoms with Gasteiger partial charge in [-0.05, 0) is 49.4 Å². The molecule has 0 saturated carbocycles. The first-order chi connectivity index (χ1) is 11.6. The number of methoxy groups -OCH3 is 1. The first kappa shape index (κ1) is 17.3. The summed E-state index contributed by atoms with van der Waals surface area (Å²) in [6.45, 7) is 8.53. The number of aryl methyl sites for hydroxylation is 1. The molecule has 132 valence electrons. The second-order valence-electron chi connectivity index (χ2n) is 7.28. The summed E-state index contributed by atoms with van der Waals surface area (Å²) >= 11 is 0. The maximum atomic E-state index is 11.8. The van der Waals surface area contributed by atoms with E-state index in [4.69, 9.17) is 4.74 Å². The van der Waals surface area contributed by atoms with Crippen molar-refractivity contribution in [3.05, 3.63) is 29.3 Å². The Kier molecular flexibility index (Phi) is 5.44. The highest BCUT2D eigenvalue weighted by Gasteiger charge is 2.32. The van der Waals surface area contributed by atoms with E-state index in [0.29, 0.717) is 5.92 Å². The van der Waals surface area contributed by atoms with E-state index >= 15 is 0 Å². The Morgan fingerprint density at radius 1 is 1.29 bits per heavy atom. The van der Waals surface area contributed by atoms with Crippen LogP contribution in [0.3, 0.4) is 0 Å². The molecule has 3 rings (SSSR count). The van der Waals surface area contributed by atoms with Crippen molar-refractivity contribution in [3.8, 4) is 0 Å². The predicted octanol–water partition coefficient (Wildman–Crippen LogP) is 3.10. The van der Waals surface area contributed by atoms with Gasteiger partial charge in [0.2, 0.25) is 0 Å². The van der Waals surface area contributed by atoms with Gasteiger partial charge in [0.25, 0.3) is 0 Å². The Hall–Kier alpha value is -1.55. The third-order valence-corrected chi connectivity index (χ3v) is 5.82. The largest absolute Gasteiger partial charge is 0.469 e. The van der Waals surface area contributed by atoms with E-state index in [0.717, 1.165) is 44.9 Å². The molecule has 1 aromatic carbocycles. The molecule has 2 fully saturated rings. The summed E-state index contributed by atoms with van der Waals surface area (Å²) in [5.41, 5.74) is 4.17. The Balaban J connectivity index is 1.80. The number of nitrogens with one attached hydrogen (secondary N) is 1. The van der Waals surface area contributed by atoms with E-state index < -0.39 is 0 Å². The maximum Gasteiger partial charge on any atom is 0.308 e. The topological polar surface area (TPSA) is 41.6 Å². The fourth-order valence-corrected chi connectivity index (χ4v) is 4.29. The monoisotopic (exact) mass is 330 g/mol. The third kappa shape index (κ3) is 3.44. The summed E-state index contributed by atoms with van der Waals surface area (Å²) in [5, 5.41) is 3.57. The molecule has 2 saturated heterocycles. The van der Waals surface area contributed by atoms with Gasteiger partial charge in [-0.1, -0.05) is 25.5 Å². The number of hydrogen-bond donors (Lipinski definition) is 1. The number of nitrogens with zero attached hydrogens (tertiary/aromatic N) is 1. The molecule has 0 bridgehead atoms. The minimum Gasteiger partial charge on any atom is -0.469 e. The van der Waals surface area contributed by atoms with Crippen molar-refractivity contribution < 1.29 is 9.53 Å². The predicted molar refractivity (Wildman–Crippen MR) is 97.5 cm³/mol. The molecule has 2 aliphatic rings. The molecule has 24 heavy (non-hydrogen) atoms. The molecular formula is C20H30N2O2. The molecule has 2 heterocycles. The zero-order valence-electron chi connectivity index (χ0n) is 15.2. The second kappa shape index (κ2) is 7.56. The van der Waals surface area contributed by atoms with Gasteiger partial charge in [-0.25, -0.2) is 0 Å².